The van der Waals surface area contributed by atoms with E-state index in [2.05, 4.69) is 397 Å². The van der Waals surface area contributed by atoms with Crippen molar-refractivity contribution in [2.45, 2.75) is 38.5 Å². The molecule has 22 aromatic carbocycles. The van der Waals surface area contributed by atoms with Crippen LogP contribution in [0.1, 0.15) is 58.4 Å². The summed E-state index contributed by atoms with van der Waals surface area (Å²) in [6, 6.07) is 145. The summed E-state index contributed by atoms with van der Waals surface area (Å²) >= 11 is 0. The average Bonchev–Trinajstić information content (AvgIpc) is 1.53. The van der Waals surface area contributed by atoms with Crippen LogP contribution in [0.15, 0.2) is 451 Å². The highest BCUT2D eigenvalue weighted by Crippen LogP contribution is 2.59. The Bertz CT molecular complexity index is 10000. The van der Waals surface area contributed by atoms with Crippen molar-refractivity contribution in [3.05, 3.63) is 482 Å². The number of fused-ring (bicyclic) bond motifs is 33. The van der Waals surface area contributed by atoms with E-state index in [0.717, 1.165) is 131 Å². The summed E-state index contributed by atoms with van der Waals surface area (Å²) in [4.78, 5) is 28.4. The molecule has 28 aromatic rings. The Morgan fingerprint density at radius 3 is 0.738 bits per heavy atom. The summed E-state index contributed by atoms with van der Waals surface area (Å²) in [7, 11) is 0. The second-order valence-electron chi connectivity index (χ2n) is 38.2. The Balaban J connectivity index is 0.000000105. The molecule has 9 nitrogen and oxygen atoms in total. The van der Waals surface area contributed by atoms with Gasteiger partial charge in [-0.15, -0.1) is 0 Å². The van der Waals surface area contributed by atoms with Crippen LogP contribution >= 0.6 is 0 Å². The van der Waals surface area contributed by atoms with Crippen LogP contribution in [0.4, 0.5) is 0 Å². The third-order valence-corrected chi connectivity index (χ3v) is 30.2. The molecule has 0 atom stereocenters. The molecule has 30 rings (SSSR count). The zero-order chi connectivity index (χ0) is 93.5. The monoisotopic (exact) mass is 1800 g/mol. The van der Waals surface area contributed by atoms with Crippen LogP contribution in [-0.2, 0) is 10.8 Å². The topological polar surface area (TPSA) is 117 Å². The Morgan fingerprint density at radius 1 is 0.170 bits per heavy atom. The van der Waals surface area contributed by atoms with E-state index >= 15 is 0 Å². The fourth-order valence-electron chi connectivity index (χ4n) is 23.5. The molecule has 660 valence electrons. The zero-order valence-corrected chi connectivity index (χ0v) is 77.5. The molecule has 0 spiro atoms. The van der Waals surface area contributed by atoms with E-state index in [9.17, 15) is 0 Å². The Labute approximate surface area is 810 Å². The highest BCUT2D eigenvalue weighted by Gasteiger charge is 2.47. The predicted octanol–water partition coefficient (Wildman–Crippen LogP) is 34.8. The molecule has 0 radical (unpaired) electrons. The lowest BCUT2D eigenvalue weighted by Gasteiger charge is -2.34. The Morgan fingerprint density at radius 2 is 0.397 bits per heavy atom. The normalized spacial score (nSPS) is 12.9. The minimum atomic E-state index is -0.555. The molecule has 6 aromatic heterocycles. The first-order valence-electron chi connectivity index (χ1n) is 48.2. The SMILES string of the molecule is CC1(C)c2cc(-c3ccc4oc5ccccc5c4c3)ccc2-c2ccc(-c3ccc4c(c3)c3ccccc3c3nccnc43)cc21.Cc1cc(-c2ccc3c(c2)c2ccccc2c2nccnc32)c(C)cc1-c1ccc2oc3ccccc3c2c1.c1ccc(C2(c3ccccc3)c3cc(-c4ccc5oc6ccccc6c5c4)ccc3-c3ccc(-c4ccc5c(c4)c4ccccc4c4nccnc54)cc32)cc1. The minimum Gasteiger partial charge on any atom is -0.456 e. The van der Waals surface area contributed by atoms with E-state index in [4.69, 9.17) is 38.2 Å². The van der Waals surface area contributed by atoms with Crippen LogP contribution < -0.4 is 0 Å². The van der Waals surface area contributed by atoms with Gasteiger partial charge in [0.1, 0.15) is 33.5 Å². The lowest BCUT2D eigenvalue weighted by atomic mass is 9.67. The largest absolute Gasteiger partial charge is 0.456 e. The van der Waals surface area contributed by atoms with Crippen molar-refractivity contribution in [3.63, 3.8) is 0 Å². The molecule has 0 aliphatic heterocycles. The third-order valence-electron chi connectivity index (χ3n) is 30.2. The van der Waals surface area contributed by atoms with Crippen LogP contribution in [-0.4, -0.2) is 29.9 Å². The Kier molecular flexibility index (Phi) is 18.3. The fraction of sp³-hybridized carbons (Fsp3) is 0.0455. The van der Waals surface area contributed by atoms with Gasteiger partial charge in [0.25, 0.3) is 0 Å². The number of nitrogens with zero attached hydrogens (tertiary/aromatic N) is 6. The molecule has 0 saturated heterocycles. The fourth-order valence-corrected chi connectivity index (χ4v) is 23.5. The number of furan rings is 3. The van der Waals surface area contributed by atoms with E-state index in [1.165, 1.54) is 166 Å². The number of rotatable bonds is 8. The van der Waals surface area contributed by atoms with Crippen molar-refractivity contribution in [3.8, 4) is 89.0 Å². The smallest absolute Gasteiger partial charge is 0.135 e. The molecule has 0 unspecified atom stereocenters. The van der Waals surface area contributed by atoms with Crippen LogP contribution in [0, 0.1) is 13.8 Å². The van der Waals surface area contributed by atoms with Gasteiger partial charge in [-0.1, -0.05) is 317 Å². The summed E-state index contributed by atoms with van der Waals surface area (Å²) in [5, 5.41) is 20.8. The van der Waals surface area contributed by atoms with Crippen molar-refractivity contribution in [1.29, 1.82) is 0 Å². The molecular formula is C132H84N6O3. The van der Waals surface area contributed by atoms with Gasteiger partial charge < -0.3 is 13.3 Å². The Hall–Kier alpha value is -18.2. The lowest BCUT2D eigenvalue weighted by Crippen LogP contribution is -2.28. The zero-order valence-electron chi connectivity index (χ0n) is 77.5. The van der Waals surface area contributed by atoms with Crippen molar-refractivity contribution in [1.82, 2.24) is 29.9 Å². The summed E-state index contributed by atoms with van der Waals surface area (Å²) in [5.74, 6) is 0. The maximum Gasteiger partial charge on any atom is 0.135 e. The lowest BCUT2D eigenvalue weighted by molar-refractivity contribution is 0.661. The van der Waals surface area contributed by atoms with Gasteiger partial charge >= 0.3 is 0 Å². The maximum absolute atomic E-state index is 6.21. The highest BCUT2D eigenvalue weighted by molar-refractivity contribution is 6.27. The number of hydrogen-bond acceptors (Lipinski definition) is 9. The van der Waals surface area contributed by atoms with Gasteiger partial charge in [-0.2, -0.15) is 0 Å². The van der Waals surface area contributed by atoms with E-state index in [1.54, 1.807) is 37.2 Å². The third kappa shape index (κ3) is 12.7. The predicted molar refractivity (Wildman–Crippen MR) is 582 cm³/mol. The van der Waals surface area contributed by atoms with Crippen LogP contribution in [0.2, 0.25) is 0 Å². The number of hydrogen-bond donors (Lipinski definition) is 0. The number of aryl methyl sites for hydroxylation is 2. The van der Waals surface area contributed by atoms with E-state index in [1.807, 2.05) is 36.4 Å². The molecule has 0 bridgehead atoms. The molecule has 2 aliphatic rings. The molecule has 141 heavy (non-hydrogen) atoms. The summed E-state index contributed by atoms with van der Waals surface area (Å²) in [6.45, 7) is 9.13. The molecule has 0 saturated carbocycles. The average molecular weight is 1800 g/mol. The van der Waals surface area contributed by atoms with Gasteiger partial charge in [-0.05, 0) is 277 Å². The number of benzene rings is 22. The second kappa shape index (κ2) is 31.7. The summed E-state index contributed by atoms with van der Waals surface area (Å²) in [5.41, 5.74) is 40.4. The second-order valence-corrected chi connectivity index (χ2v) is 38.2. The van der Waals surface area contributed by atoms with E-state index in [0.29, 0.717) is 0 Å². The van der Waals surface area contributed by atoms with Crippen LogP contribution in [0.3, 0.4) is 0 Å². The van der Waals surface area contributed by atoms with Gasteiger partial charge in [-0.25, -0.2) is 0 Å². The molecular weight excluding hydrogens is 1720 g/mol. The molecule has 0 fully saturated rings. The molecule has 0 amide bonds. The summed E-state index contributed by atoms with van der Waals surface area (Å²) in [6.07, 6.45) is 10.7. The number of aromatic nitrogens is 6. The number of para-hydroxylation sites is 3. The van der Waals surface area contributed by atoms with E-state index in [-0.39, 0.29) is 5.41 Å². The molecule has 0 N–H and O–H groups in total. The molecule has 2 aliphatic carbocycles. The first kappa shape index (κ1) is 81.2. The van der Waals surface area contributed by atoms with Crippen molar-refractivity contribution >= 4 is 164 Å². The first-order valence-corrected chi connectivity index (χ1v) is 48.2. The minimum absolute atomic E-state index is 0.140. The standard InChI is InChI=1S/C53H32N2O.C43H28N2O.C36H24N2O/c1-3-11-37(12-4-1)53(38-13-5-2-6-14-38)47-31-35(33-21-25-44-45(29-33)39-15-7-8-17-43(39)51-52(44)55-28-27-54-51)19-23-40(47)41-24-20-36(32-48(41)53)34-22-26-50-46(30-34)42-16-9-10-18-49(42)56-50;1-43(2)37-23-27(25-13-17-34-35(21-25)29-7-3-4-9-33(29)41-42(34)45-20-19-44-41)11-15-30(37)31-16-12-28(24-38(31)43)26-14-18-40-36(22-26)32-8-5-6-10-39(32)46-40;1-21-18-30(24-12-14-34-32(20-24)26-8-5-6-10-33(26)39-34)22(2)17-29(21)23-11-13-28-31(19-23)25-7-3-4-9-27(25)35-36(28)38-16-15-37-35/h1-32H;3-24H,1-2H3;3-20H,1-2H3. The maximum atomic E-state index is 6.21. The van der Waals surface area contributed by atoms with E-state index < -0.39 is 5.41 Å². The quantitative estimate of drug-likeness (QED) is 0.137. The molecule has 9 heteroatoms. The van der Waals surface area contributed by atoms with Gasteiger partial charge in [0.15, 0.2) is 0 Å². The first-order chi connectivity index (χ1) is 69.4. The van der Waals surface area contributed by atoms with Crippen molar-refractivity contribution in [2.75, 3.05) is 0 Å². The van der Waals surface area contributed by atoms with Crippen LogP contribution in [0.25, 0.3) is 253 Å². The van der Waals surface area contributed by atoms with Crippen molar-refractivity contribution in [2.24, 2.45) is 0 Å². The van der Waals surface area contributed by atoms with Gasteiger partial charge in [0, 0.05) is 107 Å². The van der Waals surface area contributed by atoms with Gasteiger partial charge in [0.05, 0.1) is 38.5 Å². The van der Waals surface area contributed by atoms with Gasteiger partial charge in [-0.3, -0.25) is 29.9 Å². The van der Waals surface area contributed by atoms with Crippen molar-refractivity contribution < 1.29 is 13.3 Å². The molecule has 6 heterocycles. The van der Waals surface area contributed by atoms with Gasteiger partial charge in [0.2, 0.25) is 0 Å². The highest BCUT2D eigenvalue weighted by atomic mass is 16.3. The summed E-state index contributed by atoms with van der Waals surface area (Å²) < 4.78 is 18.4. The van der Waals surface area contributed by atoms with Crippen LogP contribution in [0.5, 0.6) is 0 Å².